The lowest BCUT2D eigenvalue weighted by Gasteiger charge is -2.19. The Balaban J connectivity index is 4.64. The summed E-state index contributed by atoms with van der Waals surface area (Å²) in [4.78, 5) is 22.6. The summed E-state index contributed by atoms with van der Waals surface area (Å²) in [6.07, 6.45) is 0.0378. The van der Waals surface area contributed by atoms with Crippen molar-refractivity contribution in [3.8, 4) is 0 Å². The Labute approximate surface area is 106 Å². The average molecular weight is 281 g/mol. The second-order valence-corrected chi connectivity index (χ2v) is 6.42. The molecule has 2 atom stereocenters. The monoisotopic (exact) mass is 281 g/mol. The molecule has 0 aliphatic heterocycles. The standard InChI is InChI=1S/C10H20NO6P/c1-15-9(12)5-4-8(10(13)16-2)6-18(14,7-11)17-3/h8H,4-7,11H2,1-3H3. The molecule has 0 saturated heterocycles. The Bertz CT molecular complexity index is 324. The third kappa shape index (κ3) is 5.62. The number of esters is 2. The molecule has 18 heavy (non-hydrogen) atoms. The lowest BCUT2D eigenvalue weighted by Crippen LogP contribution is -2.23. The maximum atomic E-state index is 12.0. The summed E-state index contributed by atoms with van der Waals surface area (Å²) in [7, 11) is 0.721. The maximum Gasteiger partial charge on any atom is 0.309 e. The predicted molar refractivity (Wildman–Crippen MR) is 65.3 cm³/mol. The molecule has 0 rings (SSSR count). The van der Waals surface area contributed by atoms with Crippen LogP contribution in [0.2, 0.25) is 0 Å². The second-order valence-electron chi connectivity index (χ2n) is 3.70. The fourth-order valence-corrected chi connectivity index (χ4v) is 2.85. The van der Waals surface area contributed by atoms with Crippen LogP contribution in [0, 0.1) is 5.92 Å². The highest BCUT2D eigenvalue weighted by atomic mass is 31.2. The zero-order valence-electron chi connectivity index (χ0n) is 10.9. The van der Waals surface area contributed by atoms with Crippen LogP contribution in [-0.2, 0) is 28.2 Å². The van der Waals surface area contributed by atoms with Gasteiger partial charge in [-0.05, 0) is 6.42 Å². The van der Waals surface area contributed by atoms with E-state index in [0.29, 0.717) is 0 Å². The van der Waals surface area contributed by atoms with E-state index in [1.165, 1.54) is 21.3 Å². The second kappa shape index (κ2) is 8.24. The third-order valence-corrected chi connectivity index (χ3v) is 4.79. The van der Waals surface area contributed by atoms with Gasteiger partial charge < -0.3 is 19.7 Å². The molecule has 0 aromatic carbocycles. The molecule has 8 heteroatoms. The van der Waals surface area contributed by atoms with Gasteiger partial charge in [-0.25, -0.2) is 0 Å². The number of carbonyl (C=O) groups excluding carboxylic acids is 2. The van der Waals surface area contributed by atoms with Crippen LogP contribution in [0.4, 0.5) is 0 Å². The number of hydrogen-bond donors (Lipinski definition) is 1. The first-order chi connectivity index (χ1) is 8.42. The van der Waals surface area contributed by atoms with Crippen molar-refractivity contribution in [1.82, 2.24) is 0 Å². The maximum absolute atomic E-state index is 12.0. The smallest absolute Gasteiger partial charge is 0.309 e. The summed E-state index contributed by atoms with van der Waals surface area (Å²) in [6, 6.07) is 0. The summed E-state index contributed by atoms with van der Waals surface area (Å²) in [5.74, 6) is -1.67. The van der Waals surface area contributed by atoms with Gasteiger partial charge in [-0.15, -0.1) is 0 Å². The summed E-state index contributed by atoms with van der Waals surface area (Å²) in [5.41, 5.74) is 5.36. The molecule has 0 heterocycles. The van der Waals surface area contributed by atoms with Gasteiger partial charge in [-0.1, -0.05) is 0 Å². The summed E-state index contributed by atoms with van der Waals surface area (Å²) >= 11 is 0. The number of methoxy groups -OCH3 is 2. The first-order valence-corrected chi connectivity index (χ1v) is 7.40. The Morgan fingerprint density at radius 3 is 2.22 bits per heavy atom. The van der Waals surface area contributed by atoms with Crippen LogP contribution in [0.3, 0.4) is 0 Å². The molecule has 0 aliphatic carbocycles. The summed E-state index contributed by atoms with van der Waals surface area (Å²) < 4.78 is 26.0. The third-order valence-electron chi connectivity index (χ3n) is 2.57. The lowest BCUT2D eigenvalue weighted by atomic mass is 10.1. The molecule has 0 saturated carbocycles. The largest absolute Gasteiger partial charge is 0.469 e. The van der Waals surface area contributed by atoms with Gasteiger partial charge >= 0.3 is 11.9 Å². The molecule has 0 bridgehead atoms. The van der Waals surface area contributed by atoms with Crippen LogP contribution >= 0.6 is 7.37 Å². The van der Waals surface area contributed by atoms with Gasteiger partial charge in [0.05, 0.1) is 26.4 Å². The summed E-state index contributed by atoms with van der Waals surface area (Å²) in [5, 5.41) is 0. The molecular weight excluding hydrogens is 261 g/mol. The van der Waals surface area contributed by atoms with E-state index >= 15 is 0 Å². The van der Waals surface area contributed by atoms with Gasteiger partial charge in [-0.3, -0.25) is 14.2 Å². The molecule has 0 radical (unpaired) electrons. The van der Waals surface area contributed by atoms with E-state index in [1.54, 1.807) is 0 Å². The van der Waals surface area contributed by atoms with Crippen molar-refractivity contribution < 1.29 is 28.2 Å². The number of nitrogens with two attached hydrogens (primary N) is 1. The van der Waals surface area contributed by atoms with Crippen LogP contribution in [0.15, 0.2) is 0 Å². The molecule has 0 aromatic heterocycles. The van der Waals surface area contributed by atoms with Gasteiger partial charge in [-0.2, -0.15) is 0 Å². The lowest BCUT2D eigenvalue weighted by molar-refractivity contribution is -0.146. The minimum Gasteiger partial charge on any atom is -0.469 e. The SMILES string of the molecule is COC(=O)CCC(CP(=O)(CN)OC)C(=O)OC. The fourth-order valence-electron chi connectivity index (χ4n) is 1.40. The Hall–Kier alpha value is -0.910. The van der Waals surface area contributed by atoms with Crippen molar-refractivity contribution in [2.75, 3.05) is 33.8 Å². The highest BCUT2D eigenvalue weighted by Crippen LogP contribution is 2.46. The molecule has 106 valence electrons. The minimum absolute atomic E-state index is 0.0380. The molecule has 7 nitrogen and oxygen atoms in total. The van der Waals surface area contributed by atoms with Crippen LogP contribution in [0.1, 0.15) is 12.8 Å². The van der Waals surface area contributed by atoms with E-state index in [0.717, 1.165) is 0 Å². The van der Waals surface area contributed by atoms with Crippen LogP contribution < -0.4 is 5.73 Å². The van der Waals surface area contributed by atoms with E-state index in [-0.39, 0.29) is 25.3 Å². The van der Waals surface area contributed by atoms with Crippen LogP contribution in [-0.4, -0.2) is 45.7 Å². The fraction of sp³-hybridized carbons (Fsp3) is 0.800. The normalized spacial score (nSPS) is 15.6. The van der Waals surface area contributed by atoms with Crippen molar-refractivity contribution in [2.24, 2.45) is 11.7 Å². The molecule has 0 spiro atoms. The number of carbonyl (C=O) groups is 2. The highest BCUT2D eigenvalue weighted by molar-refractivity contribution is 7.58. The Morgan fingerprint density at radius 1 is 1.22 bits per heavy atom. The number of hydrogen-bond acceptors (Lipinski definition) is 7. The van der Waals surface area contributed by atoms with Gasteiger partial charge in [0.15, 0.2) is 0 Å². The van der Waals surface area contributed by atoms with Gasteiger partial charge in [0, 0.05) is 19.7 Å². The molecule has 0 aromatic rings. The van der Waals surface area contributed by atoms with Crippen LogP contribution in [0.5, 0.6) is 0 Å². The Morgan fingerprint density at radius 2 is 1.83 bits per heavy atom. The average Bonchev–Trinajstić information content (AvgIpc) is 2.41. The van der Waals surface area contributed by atoms with Crippen molar-refractivity contribution >= 4 is 19.3 Å². The van der Waals surface area contributed by atoms with E-state index in [2.05, 4.69) is 9.47 Å². The van der Waals surface area contributed by atoms with Crippen LogP contribution in [0.25, 0.3) is 0 Å². The first-order valence-electron chi connectivity index (χ1n) is 5.41. The van der Waals surface area contributed by atoms with E-state index in [9.17, 15) is 14.2 Å². The van der Waals surface area contributed by atoms with Crippen molar-refractivity contribution in [1.29, 1.82) is 0 Å². The number of ether oxygens (including phenoxy) is 2. The van der Waals surface area contributed by atoms with Gasteiger partial charge in [0.25, 0.3) is 0 Å². The van der Waals surface area contributed by atoms with Crippen molar-refractivity contribution in [2.45, 2.75) is 12.8 Å². The predicted octanol–water partition coefficient (Wildman–Crippen LogP) is 0.569. The molecule has 0 aliphatic rings. The highest BCUT2D eigenvalue weighted by Gasteiger charge is 2.30. The zero-order valence-corrected chi connectivity index (χ0v) is 11.8. The van der Waals surface area contributed by atoms with Crippen molar-refractivity contribution in [3.05, 3.63) is 0 Å². The van der Waals surface area contributed by atoms with Crippen molar-refractivity contribution in [3.63, 3.8) is 0 Å². The molecule has 0 fully saturated rings. The molecule has 2 N–H and O–H groups in total. The van der Waals surface area contributed by atoms with E-state index in [4.69, 9.17) is 10.3 Å². The quantitative estimate of drug-likeness (QED) is 0.512. The number of rotatable bonds is 8. The topological polar surface area (TPSA) is 105 Å². The zero-order chi connectivity index (χ0) is 14.2. The minimum atomic E-state index is -3.05. The Kier molecular flexibility index (Phi) is 7.82. The molecule has 0 amide bonds. The molecule has 2 unspecified atom stereocenters. The first kappa shape index (κ1) is 17.1. The molecular formula is C10H20NO6P. The van der Waals surface area contributed by atoms with Gasteiger partial charge in [0.1, 0.15) is 0 Å². The van der Waals surface area contributed by atoms with E-state index < -0.39 is 25.2 Å². The van der Waals surface area contributed by atoms with E-state index in [1.807, 2.05) is 0 Å². The van der Waals surface area contributed by atoms with Gasteiger partial charge in [0.2, 0.25) is 7.37 Å². The summed E-state index contributed by atoms with van der Waals surface area (Å²) in [6.45, 7) is 0.